The van der Waals surface area contributed by atoms with Crippen LogP contribution in [-0.2, 0) is 0 Å². The molecule has 2 aliphatic heterocycles. The van der Waals surface area contributed by atoms with Crippen LogP contribution in [0.15, 0.2) is 29.2 Å². The van der Waals surface area contributed by atoms with Crippen LogP contribution in [0.1, 0.15) is 31.4 Å². The van der Waals surface area contributed by atoms with Gasteiger partial charge in [0.05, 0.1) is 0 Å². The van der Waals surface area contributed by atoms with E-state index in [9.17, 15) is 0 Å². The maximum Gasteiger partial charge on any atom is 0.0427 e. The number of rotatable bonds is 4. The SMILES string of the molecule is CC(CNC1CSc2ccccc21)N1CCCC1. The highest BCUT2D eigenvalue weighted by atomic mass is 32.2. The minimum absolute atomic E-state index is 0.552. The van der Waals surface area contributed by atoms with E-state index in [4.69, 9.17) is 0 Å². The second-order valence-corrected chi connectivity index (χ2v) is 6.46. The molecule has 1 aromatic carbocycles. The van der Waals surface area contributed by atoms with Gasteiger partial charge in [-0.2, -0.15) is 0 Å². The highest BCUT2D eigenvalue weighted by Crippen LogP contribution is 2.37. The number of nitrogens with zero attached hydrogens (tertiary/aromatic N) is 1. The van der Waals surface area contributed by atoms with Crippen LogP contribution < -0.4 is 5.32 Å². The van der Waals surface area contributed by atoms with Crippen molar-refractivity contribution in [1.29, 1.82) is 0 Å². The Morgan fingerprint density at radius 3 is 2.94 bits per heavy atom. The number of nitrogens with one attached hydrogen (secondary N) is 1. The Balaban J connectivity index is 1.55. The zero-order chi connectivity index (χ0) is 12.4. The first-order valence-corrected chi connectivity index (χ1v) is 8.02. The van der Waals surface area contributed by atoms with Crippen LogP contribution in [0, 0.1) is 0 Å². The molecule has 0 aromatic heterocycles. The standard InChI is InChI=1S/C15H22N2S/c1-12(17-8-4-5-9-17)10-16-14-11-18-15-7-3-2-6-13(14)15/h2-3,6-7,12,14,16H,4-5,8-11H2,1H3. The van der Waals surface area contributed by atoms with Gasteiger partial charge in [0.25, 0.3) is 0 Å². The third-order valence-electron chi connectivity index (χ3n) is 4.12. The fourth-order valence-corrected chi connectivity index (χ4v) is 4.15. The van der Waals surface area contributed by atoms with Crippen LogP contribution in [0.4, 0.5) is 0 Å². The predicted molar refractivity (Wildman–Crippen MR) is 78.2 cm³/mol. The Bertz CT molecular complexity index is 401. The molecule has 0 spiro atoms. The molecule has 2 nitrogen and oxygen atoms in total. The second-order valence-electron chi connectivity index (χ2n) is 5.40. The van der Waals surface area contributed by atoms with Gasteiger partial charge in [-0.1, -0.05) is 18.2 Å². The lowest BCUT2D eigenvalue weighted by molar-refractivity contribution is 0.247. The number of likely N-dealkylation sites (tertiary alicyclic amines) is 1. The van der Waals surface area contributed by atoms with Gasteiger partial charge in [-0.05, 0) is 44.5 Å². The Kier molecular flexibility index (Phi) is 3.92. The molecule has 0 bridgehead atoms. The normalized spacial score (nSPS) is 25.3. The maximum absolute atomic E-state index is 3.75. The topological polar surface area (TPSA) is 15.3 Å². The van der Waals surface area contributed by atoms with Crippen molar-refractivity contribution in [1.82, 2.24) is 10.2 Å². The molecule has 3 heteroatoms. The first kappa shape index (κ1) is 12.5. The van der Waals surface area contributed by atoms with Crippen LogP contribution in [0.2, 0.25) is 0 Å². The number of hydrogen-bond donors (Lipinski definition) is 1. The molecule has 2 unspecified atom stereocenters. The van der Waals surface area contributed by atoms with Crippen molar-refractivity contribution < 1.29 is 0 Å². The van der Waals surface area contributed by atoms with Gasteiger partial charge in [-0.25, -0.2) is 0 Å². The van der Waals surface area contributed by atoms with Crippen molar-refractivity contribution in [3.63, 3.8) is 0 Å². The van der Waals surface area contributed by atoms with E-state index in [2.05, 4.69) is 41.4 Å². The molecule has 2 aliphatic rings. The van der Waals surface area contributed by atoms with E-state index in [0.717, 1.165) is 6.54 Å². The zero-order valence-corrected chi connectivity index (χ0v) is 11.9. The van der Waals surface area contributed by atoms with E-state index in [0.29, 0.717) is 12.1 Å². The molecule has 2 atom stereocenters. The number of fused-ring (bicyclic) bond motifs is 1. The summed E-state index contributed by atoms with van der Waals surface area (Å²) < 4.78 is 0. The van der Waals surface area contributed by atoms with E-state index < -0.39 is 0 Å². The molecule has 0 amide bonds. The van der Waals surface area contributed by atoms with E-state index in [1.165, 1.54) is 42.1 Å². The average Bonchev–Trinajstić information content (AvgIpc) is 3.06. The third kappa shape index (κ3) is 2.58. The minimum atomic E-state index is 0.552. The van der Waals surface area contributed by atoms with Gasteiger partial charge in [0.2, 0.25) is 0 Å². The van der Waals surface area contributed by atoms with Gasteiger partial charge in [-0.3, -0.25) is 4.90 Å². The summed E-state index contributed by atoms with van der Waals surface area (Å²) in [6.07, 6.45) is 2.76. The van der Waals surface area contributed by atoms with Crippen molar-refractivity contribution in [2.45, 2.75) is 36.7 Å². The van der Waals surface area contributed by atoms with Crippen molar-refractivity contribution >= 4 is 11.8 Å². The van der Waals surface area contributed by atoms with Crippen molar-refractivity contribution in [3.8, 4) is 0 Å². The lowest BCUT2D eigenvalue weighted by Gasteiger charge is -2.25. The highest BCUT2D eigenvalue weighted by Gasteiger charge is 2.24. The van der Waals surface area contributed by atoms with Gasteiger partial charge in [-0.15, -0.1) is 11.8 Å². The molecule has 1 saturated heterocycles. The van der Waals surface area contributed by atoms with Crippen LogP contribution in [-0.4, -0.2) is 36.3 Å². The molecular weight excluding hydrogens is 240 g/mol. The van der Waals surface area contributed by atoms with E-state index in [-0.39, 0.29) is 0 Å². The summed E-state index contributed by atoms with van der Waals surface area (Å²) in [7, 11) is 0. The molecule has 3 rings (SSSR count). The minimum Gasteiger partial charge on any atom is -0.308 e. The molecule has 2 heterocycles. The van der Waals surface area contributed by atoms with Crippen LogP contribution in [0.25, 0.3) is 0 Å². The first-order valence-electron chi connectivity index (χ1n) is 7.04. The Morgan fingerprint density at radius 1 is 1.33 bits per heavy atom. The average molecular weight is 262 g/mol. The second kappa shape index (κ2) is 5.64. The third-order valence-corrected chi connectivity index (χ3v) is 5.31. The Labute approximate surface area is 114 Å². The molecule has 18 heavy (non-hydrogen) atoms. The zero-order valence-electron chi connectivity index (χ0n) is 11.1. The summed E-state index contributed by atoms with van der Waals surface area (Å²) in [5, 5.41) is 3.75. The summed E-state index contributed by atoms with van der Waals surface area (Å²) >= 11 is 1.98. The van der Waals surface area contributed by atoms with Crippen LogP contribution in [0.5, 0.6) is 0 Å². The van der Waals surface area contributed by atoms with Gasteiger partial charge in [0.1, 0.15) is 0 Å². The number of benzene rings is 1. The van der Waals surface area contributed by atoms with Crippen molar-refractivity contribution in [3.05, 3.63) is 29.8 Å². The monoisotopic (exact) mass is 262 g/mol. The van der Waals surface area contributed by atoms with Gasteiger partial charge < -0.3 is 5.32 Å². The molecule has 0 saturated carbocycles. The van der Waals surface area contributed by atoms with Crippen molar-refractivity contribution in [2.24, 2.45) is 0 Å². The fourth-order valence-electron chi connectivity index (χ4n) is 2.96. The largest absolute Gasteiger partial charge is 0.308 e. The van der Waals surface area contributed by atoms with Gasteiger partial charge >= 0.3 is 0 Å². The molecule has 0 aliphatic carbocycles. The molecule has 0 radical (unpaired) electrons. The highest BCUT2D eigenvalue weighted by molar-refractivity contribution is 7.99. The van der Waals surface area contributed by atoms with Crippen molar-refractivity contribution in [2.75, 3.05) is 25.4 Å². The number of thioether (sulfide) groups is 1. The van der Waals surface area contributed by atoms with E-state index in [1.807, 2.05) is 11.8 Å². The first-order chi connectivity index (χ1) is 8.84. The van der Waals surface area contributed by atoms with E-state index in [1.54, 1.807) is 0 Å². The fraction of sp³-hybridized carbons (Fsp3) is 0.600. The van der Waals surface area contributed by atoms with Crippen LogP contribution >= 0.6 is 11.8 Å². The summed E-state index contributed by atoms with van der Waals surface area (Å²) in [5.41, 5.74) is 1.50. The number of hydrogen-bond acceptors (Lipinski definition) is 3. The quantitative estimate of drug-likeness (QED) is 0.898. The molecule has 1 aromatic rings. The summed E-state index contributed by atoms with van der Waals surface area (Å²) in [6.45, 7) is 6.05. The maximum atomic E-state index is 3.75. The lowest BCUT2D eigenvalue weighted by Crippen LogP contribution is -2.39. The molecule has 98 valence electrons. The lowest BCUT2D eigenvalue weighted by atomic mass is 10.1. The molecule has 1 fully saturated rings. The van der Waals surface area contributed by atoms with E-state index >= 15 is 0 Å². The predicted octanol–water partition coefficient (Wildman–Crippen LogP) is 2.91. The summed E-state index contributed by atoms with van der Waals surface area (Å²) in [4.78, 5) is 4.07. The Morgan fingerprint density at radius 2 is 2.11 bits per heavy atom. The molecular formula is C15H22N2S. The Hall–Kier alpha value is -0.510. The smallest absolute Gasteiger partial charge is 0.0427 e. The summed E-state index contributed by atoms with van der Waals surface area (Å²) in [5.74, 6) is 1.19. The van der Waals surface area contributed by atoms with Crippen LogP contribution in [0.3, 0.4) is 0 Å². The van der Waals surface area contributed by atoms with Gasteiger partial charge in [0, 0.05) is 29.3 Å². The molecule has 1 N–H and O–H groups in total. The summed E-state index contributed by atoms with van der Waals surface area (Å²) in [6, 6.07) is 10.0. The van der Waals surface area contributed by atoms with Gasteiger partial charge in [0.15, 0.2) is 0 Å².